The predicted octanol–water partition coefficient (Wildman–Crippen LogP) is 4.89. The van der Waals surface area contributed by atoms with Crippen molar-refractivity contribution < 1.29 is 4.79 Å². The number of halogens is 2. The molecule has 0 saturated heterocycles. The summed E-state index contributed by atoms with van der Waals surface area (Å²) in [5.41, 5.74) is 2.44. The summed E-state index contributed by atoms with van der Waals surface area (Å²) in [6, 6.07) is 10.8. The average Bonchev–Trinajstić information content (AvgIpc) is 3.17. The van der Waals surface area contributed by atoms with Crippen molar-refractivity contribution >= 4 is 40.4 Å². The SMILES string of the molecule is Cc1cc(C)n(C(CNC(=O)c2cc(Cl)cc(Cl)c2)c2cccs2)n1. The largest absolute Gasteiger partial charge is 0.350 e. The summed E-state index contributed by atoms with van der Waals surface area (Å²) in [6.07, 6.45) is 0. The van der Waals surface area contributed by atoms with Gasteiger partial charge >= 0.3 is 0 Å². The molecule has 0 spiro atoms. The van der Waals surface area contributed by atoms with E-state index in [0.29, 0.717) is 22.2 Å². The zero-order valence-corrected chi connectivity index (χ0v) is 16.1. The van der Waals surface area contributed by atoms with Crippen molar-refractivity contribution in [1.29, 1.82) is 0 Å². The monoisotopic (exact) mass is 393 g/mol. The van der Waals surface area contributed by atoms with Gasteiger partial charge in [0.25, 0.3) is 5.91 Å². The Morgan fingerprint density at radius 1 is 1.24 bits per heavy atom. The van der Waals surface area contributed by atoms with Crippen LogP contribution in [0, 0.1) is 13.8 Å². The van der Waals surface area contributed by atoms with Gasteiger partial charge in [0.2, 0.25) is 0 Å². The molecule has 3 aromatic rings. The molecule has 2 aromatic heterocycles. The highest BCUT2D eigenvalue weighted by molar-refractivity contribution is 7.10. The fraction of sp³-hybridized carbons (Fsp3) is 0.222. The first-order valence-corrected chi connectivity index (χ1v) is 9.38. The minimum absolute atomic E-state index is 0.0627. The maximum atomic E-state index is 12.5. The molecule has 0 aliphatic carbocycles. The van der Waals surface area contributed by atoms with Crippen molar-refractivity contribution in [2.24, 2.45) is 0 Å². The van der Waals surface area contributed by atoms with Crippen molar-refractivity contribution in [1.82, 2.24) is 15.1 Å². The second-order valence-corrected chi connectivity index (χ2v) is 7.62. The minimum Gasteiger partial charge on any atom is -0.350 e. The molecule has 0 radical (unpaired) electrons. The number of aryl methyl sites for hydroxylation is 2. The van der Waals surface area contributed by atoms with E-state index in [2.05, 4.69) is 10.4 Å². The third kappa shape index (κ3) is 4.24. The van der Waals surface area contributed by atoms with Crippen LogP contribution in [-0.4, -0.2) is 22.2 Å². The number of carbonyl (C=O) groups excluding carboxylic acids is 1. The number of hydrogen-bond donors (Lipinski definition) is 1. The van der Waals surface area contributed by atoms with Gasteiger partial charge in [-0.25, -0.2) is 0 Å². The van der Waals surface area contributed by atoms with E-state index in [1.54, 1.807) is 29.5 Å². The molecule has 0 bridgehead atoms. The lowest BCUT2D eigenvalue weighted by atomic mass is 10.2. The van der Waals surface area contributed by atoms with Gasteiger partial charge in [-0.3, -0.25) is 9.48 Å². The summed E-state index contributed by atoms with van der Waals surface area (Å²) in [5, 5.41) is 10.4. The second kappa shape index (κ2) is 7.60. The number of thiophene rings is 1. The highest BCUT2D eigenvalue weighted by atomic mass is 35.5. The Balaban J connectivity index is 1.82. The van der Waals surface area contributed by atoms with E-state index in [1.165, 1.54) is 0 Å². The lowest BCUT2D eigenvalue weighted by Crippen LogP contribution is -2.31. The lowest BCUT2D eigenvalue weighted by Gasteiger charge is -2.19. The Morgan fingerprint density at radius 2 is 1.96 bits per heavy atom. The number of nitrogens with one attached hydrogen (secondary N) is 1. The molecule has 1 atom stereocenters. The molecule has 2 heterocycles. The van der Waals surface area contributed by atoms with Crippen molar-refractivity contribution in [3.63, 3.8) is 0 Å². The van der Waals surface area contributed by atoms with Crippen LogP contribution >= 0.6 is 34.5 Å². The van der Waals surface area contributed by atoms with Crippen LogP contribution in [-0.2, 0) is 0 Å². The summed E-state index contributed by atoms with van der Waals surface area (Å²) in [6.45, 7) is 4.39. The Morgan fingerprint density at radius 3 is 2.52 bits per heavy atom. The fourth-order valence-electron chi connectivity index (χ4n) is 2.73. The van der Waals surface area contributed by atoms with Crippen molar-refractivity contribution in [2.45, 2.75) is 19.9 Å². The number of hydrogen-bond acceptors (Lipinski definition) is 3. The molecule has 0 aliphatic heterocycles. The molecular weight excluding hydrogens is 377 g/mol. The smallest absolute Gasteiger partial charge is 0.251 e. The molecule has 3 rings (SSSR count). The summed E-state index contributed by atoms with van der Waals surface area (Å²) in [5.74, 6) is -0.215. The molecule has 7 heteroatoms. The molecule has 0 saturated carbocycles. The predicted molar refractivity (Wildman–Crippen MR) is 103 cm³/mol. The van der Waals surface area contributed by atoms with Gasteiger partial charge in [-0.05, 0) is 49.6 Å². The van der Waals surface area contributed by atoms with E-state index in [0.717, 1.165) is 16.3 Å². The van der Waals surface area contributed by atoms with E-state index < -0.39 is 0 Å². The van der Waals surface area contributed by atoms with Crippen LogP contribution in [0.2, 0.25) is 10.0 Å². The number of aromatic nitrogens is 2. The van der Waals surface area contributed by atoms with Gasteiger partial charge in [0, 0.05) is 32.7 Å². The van der Waals surface area contributed by atoms with E-state index in [-0.39, 0.29) is 11.9 Å². The van der Waals surface area contributed by atoms with Crippen molar-refractivity contribution in [3.8, 4) is 0 Å². The molecular formula is C18H17Cl2N3OS. The van der Waals surface area contributed by atoms with Gasteiger partial charge in [-0.1, -0.05) is 29.3 Å². The summed E-state index contributed by atoms with van der Waals surface area (Å²) >= 11 is 13.6. The van der Waals surface area contributed by atoms with Crippen LogP contribution < -0.4 is 5.32 Å². The van der Waals surface area contributed by atoms with Gasteiger partial charge in [-0.15, -0.1) is 11.3 Å². The Kier molecular flexibility index (Phi) is 5.47. The normalized spacial score (nSPS) is 12.2. The summed E-state index contributed by atoms with van der Waals surface area (Å²) < 4.78 is 1.95. The number of nitrogens with zero attached hydrogens (tertiary/aromatic N) is 2. The molecule has 0 fully saturated rings. The van der Waals surface area contributed by atoms with Crippen LogP contribution in [0.4, 0.5) is 0 Å². The van der Waals surface area contributed by atoms with Gasteiger partial charge in [0.1, 0.15) is 6.04 Å². The first kappa shape index (κ1) is 18.0. The third-order valence-electron chi connectivity index (χ3n) is 3.79. The van der Waals surface area contributed by atoms with E-state index >= 15 is 0 Å². The Bertz CT molecular complexity index is 870. The summed E-state index contributed by atoms with van der Waals surface area (Å²) in [4.78, 5) is 13.6. The molecule has 4 nitrogen and oxygen atoms in total. The fourth-order valence-corrected chi connectivity index (χ4v) is 4.06. The van der Waals surface area contributed by atoms with Crippen LogP contribution in [0.1, 0.15) is 32.7 Å². The van der Waals surface area contributed by atoms with Crippen LogP contribution in [0.5, 0.6) is 0 Å². The standard InChI is InChI=1S/C18H17Cl2N3OS/c1-11-6-12(2)23(22-11)16(17-4-3-5-25-17)10-21-18(24)13-7-14(19)9-15(20)8-13/h3-9,16H,10H2,1-2H3,(H,21,24). The highest BCUT2D eigenvalue weighted by Crippen LogP contribution is 2.24. The zero-order valence-electron chi connectivity index (χ0n) is 13.8. The molecule has 1 N–H and O–H groups in total. The number of carbonyl (C=O) groups is 1. The first-order valence-electron chi connectivity index (χ1n) is 7.74. The molecule has 25 heavy (non-hydrogen) atoms. The van der Waals surface area contributed by atoms with Crippen LogP contribution in [0.3, 0.4) is 0 Å². The first-order chi connectivity index (χ1) is 11.9. The van der Waals surface area contributed by atoms with E-state index in [9.17, 15) is 4.79 Å². The topological polar surface area (TPSA) is 46.9 Å². The van der Waals surface area contributed by atoms with Crippen LogP contribution in [0.25, 0.3) is 0 Å². The molecule has 130 valence electrons. The number of rotatable bonds is 5. The molecule has 1 amide bonds. The second-order valence-electron chi connectivity index (χ2n) is 5.77. The van der Waals surface area contributed by atoms with E-state index in [1.807, 2.05) is 42.1 Å². The maximum Gasteiger partial charge on any atom is 0.251 e. The zero-order chi connectivity index (χ0) is 18.0. The minimum atomic E-state index is -0.215. The van der Waals surface area contributed by atoms with Gasteiger partial charge in [-0.2, -0.15) is 5.10 Å². The lowest BCUT2D eigenvalue weighted by molar-refractivity contribution is 0.0949. The van der Waals surface area contributed by atoms with Crippen molar-refractivity contribution in [3.05, 3.63) is 73.7 Å². The molecule has 0 aliphatic rings. The van der Waals surface area contributed by atoms with E-state index in [4.69, 9.17) is 23.2 Å². The summed E-state index contributed by atoms with van der Waals surface area (Å²) in [7, 11) is 0. The number of benzene rings is 1. The van der Waals surface area contributed by atoms with Gasteiger partial charge < -0.3 is 5.32 Å². The Hall–Kier alpha value is -1.82. The third-order valence-corrected chi connectivity index (χ3v) is 5.20. The van der Waals surface area contributed by atoms with Crippen LogP contribution in [0.15, 0.2) is 41.8 Å². The average molecular weight is 394 g/mol. The van der Waals surface area contributed by atoms with Gasteiger partial charge in [0.15, 0.2) is 0 Å². The van der Waals surface area contributed by atoms with Crippen molar-refractivity contribution in [2.75, 3.05) is 6.54 Å². The quantitative estimate of drug-likeness (QED) is 0.670. The maximum absolute atomic E-state index is 12.5. The Labute approximate surface area is 160 Å². The number of amides is 1. The molecule has 1 aromatic carbocycles. The molecule has 1 unspecified atom stereocenters. The highest BCUT2D eigenvalue weighted by Gasteiger charge is 2.19. The van der Waals surface area contributed by atoms with Gasteiger partial charge in [0.05, 0.1) is 5.69 Å².